The molecule has 2 heteroatoms. The van der Waals surface area contributed by atoms with Crippen LogP contribution in [0.5, 0.6) is 0 Å². The molecule has 104 valence electrons. The summed E-state index contributed by atoms with van der Waals surface area (Å²) in [6, 6.07) is 1.75. The van der Waals surface area contributed by atoms with Crippen molar-refractivity contribution in [3.63, 3.8) is 0 Å². The summed E-state index contributed by atoms with van der Waals surface area (Å²) in [5.41, 5.74) is 0. The van der Waals surface area contributed by atoms with E-state index < -0.39 is 0 Å². The minimum absolute atomic E-state index is 0.794. The van der Waals surface area contributed by atoms with Gasteiger partial charge in [-0.05, 0) is 51.0 Å². The molecule has 0 aromatic rings. The van der Waals surface area contributed by atoms with Crippen LogP contribution in [0, 0.1) is 5.92 Å². The topological polar surface area (TPSA) is 15.3 Å². The SMILES string of the molecule is C1CCC(CN(CC2CCCCN2)C2CC2)CC1. The third-order valence-corrected chi connectivity index (χ3v) is 5.15. The highest BCUT2D eigenvalue weighted by Gasteiger charge is 2.32. The molecule has 0 radical (unpaired) electrons. The van der Waals surface area contributed by atoms with Gasteiger partial charge in [0, 0.05) is 25.2 Å². The largest absolute Gasteiger partial charge is 0.313 e. The quantitative estimate of drug-likeness (QED) is 0.806. The summed E-state index contributed by atoms with van der Waals surface area (Å²) in [5, 5.41) is 3.73. The molecule has 18 heavy (non-hydrogen) atoms. The van der Waals surface area contributed by atoms with Gasteiger partial charge in [-0.1, -0.05) is 25.7 Å². The number of piperidine rings is 1. The zero-order chi connectivity index (χ0) is 12.2. The third kappa shape index (κ3) is 3.71. The second-order valence-electron chi connectivity index (χ2n) is 6.84. The van der Waals surface area contributed by atoms with Crippen LogP contribution in [-0.4, -0.2) is 36.6 Å². The van der Waals surface area contributed by atoms with Gasteiger partial charge in [-0.2, -0.15) is 0 Å². The maximum absolute atomic E-state index is 3.73. The van der Waals surface area contributed by atoms with Gasteiger partial charge in [0.25, 0.3) is 0 Å². The Morgan fingerprint density at radius 3 is 2.22 bits per heavy atom. The normalized spacial score (nSPS) is 30.8. The van der Waals surface area contributed by atoms with Gasteiger partial charge in [0.15, 0.2) is 0 Å². The summed E-state index contributed by atoms with van der Waals surface area (Å²) in [5.74, 6) is 1.02. The molecule has 3 fully saturated rings. The molecular weight excluding hydrogens is 220 g/mol. The van der Waals surface area contributed by atoms with Crippen LogP contribution in [0.15, 0.2) is 0 Å². The van der Waals surface area contributed by atoms with E-state index in [1.807, 2.05) is 0 Å². The van der Waals surface area contributed by atoms with Crippen molar-refractivity contribution in [3.05, 3.63) is 0 Å². The predicted octanol–water partition coefficient (Wildman–Crippen LogP) is 3.17. The molecule has 0 aromatic carbocycles. The minimum Gasteiger partial charge on any atom is -0.313 e. The van der Waals surface area contributed by atoms with Crippen LogP contribution in [0.4, 0.5) is 0 Å². The van der Waals surface area contributed by atoms with Crippen LogP contribution >= 0.6 is 0 Å². The molecule has 0 amide bonds. The maximum Gasteiger partial charge on any atom is 0.0195 e. The standard InChI is InChI=1S/C16H30N2/c1-2-6-14(7-3-1)12-18(16-9-10-16)13-15-8-4-5-11-17-15/h14-17H,1-13H2. The summed E-state index contributed by atoms with van der Waals surface area (Å²) < 4.78 is 0. The lowest BCUT2D eigenvalue weighted by Gasteiger charge is -2.34. The highest BCUT2D eigenvalue weighted by atomic mass is 15.2. The molecule has 1 aliphatic heterocycles. The van der Waals surface area contributed by atoms with E-state index in [1.54, 1.807) is 0 Å². The van der Waals surface area contributed by atoms with Crippen molar-refractivity contribution in [3.8, 4) is 0 Å². The van der Waals surface area contributed by atoms with E-state index in [-0.39, 0.29) is 0 Å². The van der Waals surface area contributed by atoms with Gasteiger partial charge in [-0.15, -0.1) is 0 Å². The molecule has 1 heterocycles. The summed E-state index contributed by atoms with van der Waals surface area (Å²) >= 11 is 0. The van der Waals surface area contributed by atoms with Crippen molar-refractivity contribution in [2.75, 3.05) is 19.6 Å². The molecule has 1 unspecified atom stereocenters. The van der Waals surface area contributed by atoms with Crippen molar-refractivity contribution in [2.45, 2.75) is 76.3 Å². The molecule has 1 saturated heterocycles. The Kier molecular flexibility index (Phi) is 4.58. The van der Waals surface area contributed by atoms with Crippen LogP contribution in [0.3, 0.4) is 0 Å². The van der Waals surface area contributed by atoms with Gasteiger partial charge in [0.2, 0.25) is 0 Å². The Balaban J connectivity index is 1.47. The fourth-order valence-electron chi connectivity index (χ4n) is 3.88. The first kappa shape index (κ1) is 12.9. The van der Waals surface area contributed by atoms with E-state index in [0.717, 1.165) is 18.0 Å². The lowest BCUT2D eigenvalue weighted by atomic mass is 9.88. The first-order valence-corrected chi connectivity index (χ1v) is 8.39. The number of nitrogens with one attached hydrogen (secondary N) is 1. The van der Waals surface area contributed by atoms with Crippen molar-refractivity contribution < 1.29 is 0 Å². The van der Waals surface area contributed by atoms with Gasteiger partial charge in [0.05, 0.1) is 0 Å². The molecule has 2 aliphatic carbocycles. The lowest BCUT2D eigenvalue weighted by molar-refractivity contribution is 0.167. The number of hydrogen-bond donors (Lipinski definition) is 1. The Morgan fingerprint density at radius 2 is 1.56 bits per heavy atom. The lowest BCUT2D eigenvalue weighted by Crippen LogP contribution is -2.46. The fourth-order valence-corrected chi connectivity index (χ4v) is 3.88. The molecule has 1 atom stereocenters. The van der Waals surface area contributed by atoms with Crippen molar-refractivity contribution in [2.24, 2.45) is 5.92 Å². The summed E-state index contributed by atoms with van der Waals surface area (Å²) in [7, 11) is 0. The molecule has 2 saturated carbocycles. The molecule has 3 aliphatic rings. The van der Waals surface area contributed by atoms with Gasteiger partial charge in [0.1, 0.15) is 0 Å². The predicted molar refractivity (Wildman–Crippen MR) is 76.8 cm³/mol. The van der Waals surface area contributed by atoms with Crippen LogP contribution in [0.25, 0.3) is 0 Å². The van der Waals surface area contributed by atoms with E-state index in [9.17, 15) is 0 Å². The maximum atomic E-state index is 3.73. The number of nitrogens with zero attached hydrogens (tertiary/aromatic N) is 1. The van der Waals surface area contributed by atoms with Crippen LogP contribution in [0.2, 0.25) is 0 Å². The first-order chi connectivity index (χ1) is 8.92. The number of hydrogen-bond acceptors (Lipinski definition) is 2. The minimum atomic E-state index is 0.794. The van der Waals surface area contributed by atoms with Crippen LogP contribution in [-0.2, 0) is 0 Å². The molecule has 0 bridgehead atoms. The fraction of sp³-hybridized carbons (Fsp3) is 1.00. The van der Waals surface area contributed by atoms with Gasteiger partial charge in [-0.3, -0.25) is 4.90 Å². The van der Waals surface area contributed by atoms with Crippen molar-refractivity contribution in [1.82, 2.24) is 10.2 Å². The van der Waals surface area contributed by atoms with Crippen LogP contribution < -0.4 is 5.32 Å². The highest BCUT2D eigenvalue weighted by molar-refractivity contribution is 4.89. The zero-order valence-corrected chi connectivity index (χ0v) is 11.9. The molecule has 3 rings (SSSR count). The Morgan fingerprint density at radius 1 is 0.778 bits per heavy atom. The summed E-state index contributed by atoms with van der Waals surface area (Å²) in [6.45, 7) is 4.00. The van der Waals surface area contributed by atoms with E-state index in [1.165, 1.54) is 83.8 Å². The average molecular weight is 250 g/mol. The van der Waals surface area contributed by atoms with Gasteiger partial charge >= 0.3 is 0 Å². The Bertz CT molecular complexity index is 217. The molecular formula is C16H30N2. The first-order valence-electron chi connectivity index (χ1n) is 8.39. The van der Waals surface area contributed by atoms with Crippen LogP contribution in [0.1, 0.15) is 64.2 Å². The summed E-state index contributed by atoms with van der Waals surface area (Å²) in [4.78, 5) is 2.85. The number of rotatable bonds is 5. The second-order valence-corrected chi connectivity index (χ2v) is 6.84. The van der Waals surface area contributed by atoms with E-state index in [2.05, 4.69) is 10.2 Å². The van der Waals surface area contributed by atoms with Gasteiger partial charge in [-0.25, -0.2) is 0 Å². The van der Waals surface area contributed by atoms with Crippen molar-refractivity contribution >= 4 is 0 Å². The Hall–Kier alpha value is -0.0800. The summed E-state index contributed by atoms with van der Waals surface area (Å²) in [6.07, 6.45) is 14.7. The molecule has 0 aromatic heterocycles. The van der Waals surface area contributed by atoms with E-state index >= 15 is 0 Å². The smallest absolute Gasteiger partial charge is 0.0195 e. The zero-order valence-electron chi connectivity index (χ0n) is 11.9. The molecule has 2 nitrogen and oxygen atoms in total. The van der Waals surface area contributed by atoms with Crippen molar-refractivity contribution in [1.29, 1.82) is 0 Å². The third-order valence-electron chi connectivity index (χ3n) is 5.15. The molecule has 0 spiro atoms. The average Bonchev–Trinajstić information content (AvgIpc) is 3.25. The van der Waals surface area contributed by atoms with E-state index in [0.29, 0.717) is 0 Å². The molecule has 1 N–H and O–H groups in total. The monoisotopic (exact) mass is 250 g/mol. The Labute approximate surface area is 113 Å². The van der Waals surface area contributed by atoms with Gasteiger partial charge < -0.3 is 5.32 Å². The highest BCUT2D eigenvalue weighted by Crippen LogP contribution is 2.31. The second kappa shape index (κ2) is 6.38. The van der Waals surface area contributed by atoms with E-state index in [4.69, 9.17) is 0 Å².